The Labute approximate surface area is 189 Å². The lowest BCUT2D eigenvalue weighted by Gasteiger charge is -2.13. The largest absolute Gasteiger partial charge is 0.457 e. The third-order valence-corrected chi connectivity index (χ3v) is 5.43. The molecule has 0 radical (unpaired) electrons. The van der Waals surface area contributed by atoms with E-state index in [4.69, 9.17) is 4.74 Å². The molecule has 0 bridgehead atoms. The normalized spacial score (nSPS) is 11.6. The monoisotopic (exact) mass is 421 g/mol. The third kappa shape index (κ3) is 5.64. The quantitative estimate of drug-likeness (QED) is 0.351. The maximum Gasteiger partial charge on any atom is 0.217 e. The highest BCUT2D eigenvalue weighted by atomic mass is 16.5. The van der Waals surface area contributed by atoms with E-state index in [-0.39, 0.29) is 11.9 Å². The molecule has 1 amide bonds. The van der Waals surface area contributed by atoms with E-state index in [1.807, 2.05) is 37.3 Å². The van der Waals surface area contributed by atoms with Crippen molar-refractivity contribution in [2.75, 3.05) is 0 Å². The van der Waals surface area contributed by atoms with Crippen LogP contribution in [0.5, 0.6) is 11.5 Å². The predicted octanol–water partition coefficient (Wildman–Crippen LogP) is 6.93. The molecule has 0 saturated carbocycles. The van der Waals surface area contributed by atoms with Gasteiger partial charge in [0, 0.05) is 6.92 Å². The molecule has 3 heteroatoms. The van der Waals surface area contributed by atoms with E-state index in [1.165, 1.54) is 18.1 Å². The van der Waals surface area contributed by atoms with Crippen molar-refractivity contribution in [1.82, 2.24) is 5.32 Å². The number of amides is 1. The van der Waals surface area contributed by atoms with Gasteiger partial charge in [-0.05, 0) is 65.4 Å². The summed E-state index contributed by atoms with van der Waals surface area (Å²) in [5.41, 5.74) is 5.89. The van der Waals surface area contributed by atoms with Crippen LogP contribution in [0.2, 0.25) is 0 Å². The van der Waals surface area contributed by atoms with E-state index < -0.39 is 0 Å². The Balaban J connectivity index is 1.38. The SMILES string of the molecule is CC(=O)NC(C)c1ccc(-c2ccc(Oc3ccc(Cc4ccccc4)cc3)cc2)cc1. The number of carbonyl (C=O) groups is 1. The topological polar surface area (TPSA) is 38.3 Å². The fraction of sp³-hybridized carbons (Fsp3) is 0.138. The summed E-state index contributed by atoms with van der Waals surface area (Å²) in [5.74, 6) is 1.61. The van der Waals surface area contributed by atoms with Gasteiger partial charge in [0.05, 0.1) is 6.04 Å². The first-order valence-corrected chi connectivity index (χ1v) is 10.8. The molecule has 0 heterocycles. The van der Waals surface area contributed by atoms with Crippen molar-refractivity contribution in [2.24, 2.45) is 0 Å². The maximum atomic E-state index is 11.2. The van der Waals surface area contributed by atoms with Gasteiger partial charge in [-0.2, -0.15) is 0 Å². The molecule has 0 saturated heterocycles. The number of rotatable bonds is 7. The van der Waals surface area contributed by atoms with Crippen molar-refractivity contribution in [3.63, 3.8) is 0 Å². The molecule has 1 N–H and O–H groups in total. The Morgan fingerprint density at radius 1 is 0.719 bits per heavy atom. The summed E-state index contributed by atoms with van der Waals surface area (Å²) in [6, 6.07) is 35.1. The lowest BCUT2D eigenvalue weighted by atomic mass is 10.0. The summed E-state index contributed by atoms with van der Waals surface area (Å²) in [4.78, 5) is 11.2. The predicted molar refractivity (Wildman–Crippen MR) is 130 cm³/mol. The number of hydrogen-bond acceptors (Lipinski definition) is 2. The van der Waals surface area contributed by atoms with Gasteiger partial charge >= 0.3 is 0 Å². The Kier molecular flexibility index (Phi) is 6.66. The highest BCUT2D eigenvalue weighted by Crippen LogP contribution is 2.27. The first-order valence-electron chi connectivity index (χ1n) is 10.8. The second-order valence-electron chi connectivity index (χ2n) is 7.98. The van der Waals surface area contributed by atoms with E-state index in [0.717, 1.165) is 34.6 Å². The summed E-state index contributed by atoms with van der Waals surface area (Å²) in [6.07, 6.45) is 0.915. The highest BCUT2D eigenvalue weighted by molar-refractivity contribution is 5.73. The van der Waals surface area contributed by atoms with Gasteiger partial charge in [0.2, 0.25) is 5.91 Å². The van der Waals surface area contributed by atoms with E-state index in [2.05, 4.69) is 78.1 Å². The average Bonchev–Trinajstić information content (AvgIpc) is 2.81. The van der Waals surface area contributed by atoms with Gasteiger partial charge in [0.25, 0.3) is 0 Å². The van der Waals surface area contributed by atoms with Crippen molar-refractivity contribution >= 4 is 5.91 Å². The average molecular weight is 422 g/mol. The van der Waals surface area contributed by atoms with Crippen LogP contribution in [-0.2, 0) is 11.2 Å². The van der Waals surface area contributed by atoms with Gasteiger partial charge in [0.1, 0.15) is 11.5 Å². The molecular formula is C29H27NO2. The number of carbonyl (C=O) groups excluding carboxylic acids is 1. The minimum atomic E-state index is -0.0250. The molecule has 1 atom stereocenters. The van der Waals surface area contributed by atoms with Crippen LogP contribution >= 0.6 is 0 Å². The molecule has 0 aromatic heterocycles. The summed E-state index contributed by atoms with van der Waals surface area (Å²) in [6.45, 7) is 3.52. The van der Waals surface area contributed by atoms with E-state index in [9.17, 15) is 4.79 Å². The van der Waals surface area contributed by atoms with Gasteiger partial charge in [-0.1, -0.05) is 78.9 Å². The minimum absolute atomic E-state index is 0.00333. The third-order valence-electron chi connectivity index (χ3n) is 5.43. The Bertz CT molecular complexity index is 1150. The molecule has 0 spiro atoms. The first kappa shape index (κ1) is 21.4. The molecule has 0 aliphatic rings. The summed E-state index contributed by atoms with van der Waals surface area (Å²) >= 11 is 0. The van der Waals surface area contributed by atoms with Crippen molar-refractivity contribution < 1.29 is 9.53 Å². The molecular weight excluding hydrogens is 394 g/mol. The number of benzene rings is 4. The van der Waals surface area contributed by atoms with Gasteiger partial charge in [-0.15, -0.1) is 0 Å². The summed E-state index contributed by atoms with van der Waals surface area (Å²) in [5, 5.41) is 2.91. The second kappa shape index (κ2) is 9.97. The van der Waals surface area contributed by atoms with Gasteiger partial charge in [-0.25, -0.2) is 0 Å². The lowest BCUT2D eigenvalue weighted by molar-refractivity contribution is -0.119. The van der Waals surface area contributed by atoms with Crippen molar-refractivity contribution in [3.8, 4) is 22.6 Å². The summed E-state index contributed by atoms with van der Waals surface area (Å²) in [7, 11) is 0. The molecule has 4 rings (SSSR count). The van der Waals surface area contributed by atoms with E-state index in [1.54, 1.807) is 0 Å². The zero-order valence-electron chi connectivity index (χ0n) is 18.4. The van der Waals surface area contributed by atoms with E-state index in [0.29, 0.717) is 0 Å². The van der Waals surface area contributed by atoms with Crippen LogP contribution in [0.3, 0.4) is 0 Å². The van der Waals surface area contributed by atoms with E-state index >= 15 is 0 Å². The first-order chi connectivity index (χ1) is 15.6. The molecule has 32 heavy (non-hydrogen) atoms. The molecule has 1 unspecified atom stereocenters. The van der Waals surface area contributed by atoms with Crippen molar-refractivity contribution in [1.29, 1.82) is 0 Å². The zero-order valence-corrected chi connectivity index (χ0v) is 18.4. The maximum absolute atomic E-state index is 11.2. The fourth-order valence-corrected chi connectivity index (χ4v) is 3.71. The number of hydrogen-bond donors (Lipinski definition) is 1. The standard InChI is InChI=1S/C29H27NO2/c1-21(30-22(2)31)25-10-12-26(13-11-25)27-14-18-29(19-15-27)32-28-16-8-24(9-17-28)20-23-6-4-3-5-7-23/h3-19,21H,20H2,1-2H3,(H,30,31). The van der Waals surface area contributed by atoms with Crippen LogP contribution < -0.4 is 10.1 Å². The van der Waals surface area contributed by atoms with Gasteiger partial charge in [0.15, 0.2) is 0 Å². The lowest BCUT2D eigenvalue weighted by Crippen LogP contribution is -2.23. The highest BCUT2D eigenvalue weighted by Gasteiger charge is 2.07. The molecule has 160 valence electrons. The molecule has 0 fully saturated rings. The molecule has 0 aliphatic carbocycles. The smallest absolute Gasteiger partial charge is 0.217 e. The molecule has 4 aromatic carbocycles. The molecule has 3 nitrogen and oxygen atoms in total. The second-order valence-corrected chi connectivity index (χ2v) is 7.98. The Hall–Kier alpha value is -3.85. The van der Waals surface area contributed by atoms with Crippen LogP contribution in [-0.4, -0.2) is 5.91 Å². The van der Waals surface area contributed by atoms with Crippen LogP contribution in [0.25, 0.3) is 11.1 Å². The zero-order chi connectivity index (χ0) is 22.3. The van der Waals surface area contributed by atoms with Gasteiger partial charge < -0.3 is 10.1 Å². The molecule has 0 aliphatic heterocycles. The van der Waals surface area contributed by atoms with Crippen LogP contribution in [0.1, 0.15) is 36.6 Å². The van der Waals surface area contributed by atoms with Crippen molar-refractivity contribution in [3.05, 3.63) is 120 Å². The number of ether oxygens (including phenoxy) is 1. The minimum Gasteiger partial charge on any atom is -0.457 e. The van der Waals surface area contributed by atoms with Crippen molar-refractivity contribution in [2.45, 2.75) is 26.3 Å². The molecule has 4 aromatic rings. The van der Waals surface area contributed by atoms with Crippen LogP contribution in [0, 0.1) is 0 Å². The van der Waals surface area contributed by atoms with Gasteiger partial charge in [-0.3, -0.25) is 4.79 Å². The Morgan fingerprint density at radius 3 is 1.78 bits per heavy atom. The Morgan fingerprint density at radius 2 is 1.22 bits per heavy atom. The van der Waals surface area contributed by atoms with Crippen LogP contribution in [0.4, 0.5) is 0 Å². The summed E-state index contributed by atoms with van der Waals surface area (Å²) < 4.78 is 6.02. The van der Waals surface area contributed by atoms with Crippen LogP contribution in [0.15, 0.2) is 103 Å². The number of nitrogens with one attached hydrogen (secondary N) is 1. The fourth-order valence-electron chi connectivity index (χ4n) is 3.71.